The van der Waals surface area contributed by atoms with Gasteiger partial charge in [0, 0.05) is 18.1 Å². The molecule has 1 aromatic carbocycles. The van der Waals surface area contributed by atoms with Crippen molar-refractivity contribution in [3.05, 3.63) is 76.5 Å². The summed E-state index contributed by atoms with van der Waals surface area (Å²) in [6.45, 7) is 4.36. The number of ether oxygens (including phenoxy) is 1. The first-order chi connectivity index (χ1) is 15.1. The van der Waals surface area contributed by atoms with Crippen LogP contribution in [0, 0.1) is 5.82 Å². The number of rotatable bonds is 7. The lowest BCUT2D eigenvalue weighted by molar-refractivity contribution is 0.433. The first-order valence-corrected chi connectivity index (χ1v) is 10.6. The molecule has 1 aliphatic carbocycles. The minimum absolute atomic E-state index is 0.000377. The summed E-state index contributed by atoms with van der Waals surface area (Å²) in [6.07, 6.45) is 11.2. The van der Waals surface area contributed by atoms with E-state index < -0.39 is 5.82 Å². The monoisotopic (exact) mass is 420 g/mol. The highest BCUT2D eigenvalue weighted by atomic mass is 19.1. The van der Waals surface area contributed by atoms with Gasteiger partial charge in [-0.25, -0.2) is 9.37 Å². The van der Waals surface area contributed by atoms with Gasteiger partial charge in [0.2, 0.25) is 5.95 Å². The van der Waals surface area contributed by atoms with Crippen LogP contribution in [-0.4, -0.2) is 20.6 Å². The SMILES string of the molecule is CCC(Nc1ncc2cc(Oc3ccccc3F)c(=O)n(CC)c2n1)C1=CCCC=C1. The van der Waals surface area contributed by atoms with Crippen molar-refractivity contribution >= 4 is 17.0 Å². The Morgan fingerprint density at radius 3 is 2.77 bits per heavy atom. The fourth-order valence-electron chi connectivity index (χ4n) is 3.68. The van der Waals surface area contributed by atoms with Gasteiger partial charge in [-0.15, -0.1) is 0 Å². The molecule has 0 bridgehead atoms. The van der Waals surface area contributed by atoms with Gasteiger partial charge in [-0.1, -0.05) is 37.3 Å². The van der Waals surface area contributed by atoms with Crippen LogP contribution in [0.2, 0.25) is 0 Å². The number of nitrogens with zero attached hydrogens (tertiary/aromatic N) is 3. The van der Waals surface area contributed by atoms with Crippen LogP contribution >= 0.6 is 0 Å². The second-order valence-electron chi connectivity index (χ2n) is 7.35. The van der Waals surface area contributed by atoms with Gasteiger partial charge < -0.3 is 10.1 Å². The number of benzene rings is 1. The number of nitrogens with one attached hydrogen (secondary N) is 1. The molecule has 1 N–H and O–H groups in total. The Balaban J connectivity index is 1.69. The van der Waals surface area contributed by atoms with Gasteiger partial charge in [0.25, 0.3) is 5.56 Å². The summed E-state index contributed by atoms with van der Waals surface area (Å²) in [4.78, 5) is 22.0. The zero-order valence-corrected chi connectivity index (χ0v) is 17.6. The molecule has 0 fully saturated rings. The maximum atomic E-state index is 14.0. The Bertz CT molecular complexity index is 1220. The van der Waals surface area contributed by atoms with Crippen molar-refractivity contribution < 1.29 is 9.13 Å². The van der Waals surface area contributed by atoms with Crippen molar-refractivity contribution in [2.75, 3.05) is 5.32 Å². The summed E-state index contributed by atoms with van der Waals surface area (Å²) < 4.78 is 21.1. The highest BCUT2D eigenvalue weighted by Crippen LogP contribution is 2.25. The highest BCUT2D eigenvalue weighted by molar-refractivity contribution is 5.77. The van der Waals surface area contributed by atoms with E-state index in [1.807, 2.05) is 6.92 Å². The largest absolute Gasteiger partial charge is 0.448 e. The molecule has 2 aromatic heterocycles. The van der Waals surface area contributed by atoms with Crippen molar-refractivity contribution in [1.29, 1.82) is 0 Å². The maximum absolute atomic E-state index is 14.0. The van der Waals surface area contributed by atoms with Gasteiger partial charge in [-0.2, -0.15) is 4.98 Å². The summed E-state index contributed by atoms with van der Waals surface area (Å²) in [5.41, 5.74) is 1.36. The standard InChI is InChI=1S/C24H25FN4O2/c1-3-19(16-10-6-5-7-11-16)27-24-26-15-17-14-21(23(30)29(4-2)22(17)28-24)31-20-13-9-8-12-18(20)25/h6,8-15,19H,3-5,7H2,1-2H3,(H,26,27,28). The predicted octanol–water partition coefficient (Wildman–Crippen LogP) is 5.21. The molecule has 7 heteroatoms. The molecule has 1 unspecified atom stereocenters. The van der Waals surface area contributed by atoms with Crippen molar-refractivity contribution in [3.63, 3.8) is 0 Å². The number of allylic oxidation sites excluding steroid dienone is 2. The number of hydrogen-bond donors (Lipinski definition) is 1. The van der Waals surface area contributed by atoms with Gasteiger partial charge in [-0.3, -0.25) is 9.36 Å². The van der Waals surface area contributed by atoms with Crippen LogP contribution in [0.15, 0.2) is 65.1 Å². The number of fused-ring (bicyclic) bond motifs is 1. The van der Waals surface area contributed by atoms with Crippen LogP contribution < -0.4 is 15.6 Å². The van der Waals surface area contributed by atoms with Crippen molar-refractivity contribution in [1.82, 2.24) is 14.5 Å². The molecule has 31 heavy (non-hydrogen) atoms. The Hall–Kier alpha value is -3.48. The van der Waals surface area contributed by atoms with Crippen LogP contribution in [0.1, 0.15) is 33.1 Å². The number of hydrogen-bond acceptors (Lipinski definition) is 5. The average Bonchev–Trinajstić information content (AvgIpc) is 2.80. The van der Waals surface area contributed by atoms with Gasteiger partial charge in [0.05, 0.1) is 6.04 Å². The van der Waals surface area contributed by atoms with E-state index in [0.717, 1.165) is 19.3 Å². The molecule has 3 aromatic rings. The molecule has 1 aliphatic rings. The number of aryl methyl sites for hydroxylation is 1. The normalized spacial score (nSPS) is 14.4. The second-order valence-corrected chi connectivity index (χ2v) is 7.35. The van der Waals surface area contributed by atoms with E-state index in [2.05, 4.69) is 40.4 Å². The molecule has 1 atom stereocenters. The number of halogens is 1. The molecular weight excluding hydrogens is 395 g/mol. The third-order valence-corrected chi connectivity index (χ3v) is 5.30. The summed E-state index contributed by atoms with van der Waals surface area (Å²) in [5, 5.41) is 4.03. The summed E-state index contributed by atoms with van der Waals surface area (Å²) in [6, 6.07) is 7.65. The maximum Gasteiger partial charge on any atom is 0.295 e. The van der Waals surface area contributed by atoms with Crippen LogP contribution in [-0.2, 0) is 6.54 Å². The molecule has 0 saturated carbocycles. The first-order valence-electron chi connectivity index (χ1n) is 10.6. The Kier molecular flexibility index (Phi) is 6.11. The topological polar surface area (TPSA) is 69.0 Å². The Morgan fingerprint density at radius 1 is 1.23 bits per heavy atom. The van der Waals surface area contributed by atoms with E-state index in [-0.39, 0.29) is 23.1 Å². The third kappa shape index (κ3) is 4.35. The molecule has 0 amide bonds. The number of anilines is 1. The number of para-hydroxylation sites is 1. The summed E-state index contributed by atoms with van der Waals surface area (Å²) >= 11 is 0. The average molecular weight is 420 g/mol. The summed E-state index contributed by atoms with van der Waals surface area (Å²) in [7, 11) is 0. The third-order valence-electron chi connectivity index (χ3n) is 5.30. The van der Waals surface area contributed by atoms with Gasteiger partial charge in [0.15, 0.2) is 17.3 Å². The van der Waals surface area contributed by atoms with Crippen LogP contribution in [0.3, 0.4) is 0 Å². The molecular formula is C24H25FN4O2. The van der Waals surface area contributed by atoms with E-state index in [1.54, 1.807) is 24.4 Å². The zero-order chi connectivity index (χ0) is 21.8. The molecule has 0 radical (unpaired) electrons. The van der Waals surface area contributed by atoms with Crippen molar-refractivity contribution in [2.24, 2.45) is 0 Å². The number of aromatic nitrogens is 3. The minimum Gasteiger partial charge on any atom is -0.448 e. The van der Waals surface area contributed by atoms with Gasteiger partial charge in [-0.05, 0) is 50.0 Å². The fourth-order valence-corrected chi connectivity index (χ4v) is 3.68. The molecule has 2 heterocycles. The van der Waals surface area contributed by atoms with E-state index in [4.69, 9.17) is 4.74 Å². The second kappa shape index (κ2) is 9.12. The zero-order valence-electron chi connectivity index (χ0n) is 17.6. The molecule has 0 saturated heterocycles. The van der Waals surface area contributed by atoms with Gasteiger partial charge in [0.1, 0.15) is 5.65 Å². The highest BCUT2D eigenvalue weighted by Gasteiger charge is 2.16. The van der Waals surface area contributed by atoms with Crippen LogP contribution in [0.4, 0.5) is 10.3 Å². The minimum atomic E-state index is -0.530. The number of pyridine rings is 1. The van der Waals surface area contributed by atoms with E-state index >= 15 is 0 Å². The van der Waals surface area contributed by atoms with E-state index in [9.17, 15) is 9.18 Å². The van der Waals surface area contributed by atoms with Gasteiger partial charge >= 0.3 is 0 Å². The molecule has 160 valence electrons. The van der Waals surface area contributed by atoms with Crippen molar-refractivity contribution in [3.8, 4) is 11.5 Å². The molecule has 0 aliphatic heterocycles. The predicted molar refractivity (Wildman–Crippen MR) is 120 cm³/mol. The Morgan fingerprint density at radius 2 is 2.06 bits per heavy atom. The molecule has 0 spiro atoms. The van der Waals surface area contributed by atoms with E-state index in [0.29, 0.717) is 23.5 Å². The van der Waals surface area contributed by atoms with Crippen molar-refractivity contribution in [2.45, 2.75) is 45.7 Å². The lowest BCUT2D eigenvalue weighted by atomic mass is 9.98. The lowest BCUT2D eigenvalue weighted by Gasteiger charge is -2.20. The smallest absolute Gasteiger partial charge is 0.295 e. The van der Waals surface area contributed by atoms with Crippen LogP contribution in [0.5, 0.6) is 11.5 Å². The molecule has 6 nitrogen and oxygen atoms in total. The fraction of sp³-hybridized carbons (Fsp3) is 0.292. The first kappa shape index (κ1) is 20.8. The lowest BCUT2D eigenvalue weighted by Crippen LogP contribution is -2.24. The quantitative estimate of drug-likeness (QED) is 0.568. The summed E-state index contributed by atoms with van der Waals surface area (Å²) in [5.74, 6) is -0.0331. The van der Waals surface area contributed by atoms with E-state index in [1.165, 1.54) is 22.3 Å². The Labute approximate surface area is 180 Å². The molecule has 4 rings (SSSR count). The van der Waals surface area contributed by atoms with Crippen LogP contribution in [0.25, 0.3) is 11.0 Å².